The van der Waals surface area contributed by atoms with Crippen LogP contribution in [0.1, 0.15) is 35.3 Å². The second-order valence-corrected chi connectivity index (χ2v) is 9.41. The summed E-state index contributed by atoms with van der Waals surface area (Å²) >= 11 is 0. The molecule has 0 spiro atoms. The summed E-state index contributed by atoms with van der Waals surface area (Å²) in [4.78, 5) is 2.62. The van der Waals surface area contributed by atoms with Gasteiger partial charge in [0.15, 0.2) is 9.84 Å². The van der Waals surface area contributed by atoms with Crippen LogP contribution in [0.3, 0.4) is 0 Å². The fourth-order valence-electron chi connectivity index (χ4n) is 4.26. The van der Waals surface area contributed by atoms with Crippen molar-refractivity contribution < 1.29 is 8.42 Å². The van der Waals surface area contributed by atoms with E-state index in [1.165, 1.54) is 11.1 Å². The van der Waals surface area contributed by atoms with Gasteiger partial charge in [-0.05, 0) is 73.8 Å². The predicted molar refractivity (Wildman–Crippen MR) is 102 cm³/mol. The van der Waals surface area contributed by atoms with Crippen molar-refractivity contribution in [3.05, 3.63) is 58.7 Å². The molecule has 2 aromatic rings. The van der Waals surface area contributed by atoms with Crippen molar-refractivity contribution in [3.8, 4) is 11.1 Å². The predicted octanol–water partition coefficient (Wildman–Crippen LogP) is 4.23. The first kappa shape index (κ1) is 16.6. The van der Waals surface area contributed by atoms with E-state index in [1.54, 1.807) is 6.07 Å². The lowest BCUT2D eigenvalue weighted by Gasteiger charge is -2.26. The number of hydrogen-bond acceptors (Lipinski definition) is 3. The third-order valence-corrected chi connectivity index (χ3v) is 7.56. The molecule has 0 bridgehead atoms. The van der Waals surface area contributed by atoms with Crippen LogP contribution in [0.4, 0.5) is 0 Å². The lowest BCUT2D eigenvalue weighted by molar-refractivity contribution is 0.419. The van der Waals surface area contributed by atoms with Gasteiger partial charge in [0.2, 0.25) is 0 Å². The topological polar surface area (TPSA) is 37.4 Å². The van der Waals surface area contributed by atoms with Crippen LogP contribution in [0.25, 0.3) is 16.7 Å². The fraction of sp³-hybridized carbons (Fsp3) is 0.333. The first-order valence-electron chi connectivity index (χ1n) is 8.65. The van der Waals surface area contributed by atoms with Crippen LogP contribution in [0.15, 0.2) is 46.9 Å². The molecule has 130 valence electrons. The zero-order valence-electron chi connectivity index (χ0n) is 15.1. The standard InChI is InChI=1S/C21H23NO2S/c1-13-11-17-15(9-10-22(3)4)14(2)21-20(17)18(12-13)16-7-5-6-8-19(16)25(21,23)24/h5-8,11-12,21H,9-10H2,1-4H3. The Labute approximate surface area is 149 Å². The SMILES string of the molecule is CC1=C(CCN(C)C)c2cc(C)cc3c2C1S(=O)(=O)c1ccccc1-3. The molecule has 0 aromatic heterocycles. The number of hydrogen-bond donors (Lipinski definition) is 0. The Morgan fingerprint density at radius 1 is 1.00 bits per heavy atom. The largest absolute Gasteiger partial charge is 0.309 e. The molecule has 1 atom stereocenters. The van der Waals surface area contributed by atoms with E-state index in [9.17, 15) is 8.42 Å². The van der Waals surface area contributed by atoms with Crippen molar-refractivity contribution in [2.45, 2.75) is 30.4 Å². The monoisotopic (exact) mass is 353 g/mol. The lowest BCUT2D eigenvalue weighted by Crippen LogP contribution is -2.19. The van der Waals surface area contributed by atoms with Gasteiger partial charge in [-0.3, -0.25) is 0 Å². The maximum Gasteiger partial charge on any atom is 0.189 e. The number of benzene rings is 2. The van der Waals surface area contributed by atoms with E-state index in [0.29, 0.717) is 4.90 Å². The Kier molecular flexibility index (Phi) is 3.67. The van der Waals surface area contributed by atoms with E-state index in [0.717, 1.165) is 40.8 Å². The zero-order valence-corrected chi connectivity index (χ0v) is 15.9. The highest BCUT2D eigenvalue weighted by atomic mass is 32.2. The van der Waals surface area contributed by atoms with Gasteiger partial charge >= 0.3 is 0 Å². The second kappa shape index (κ2) is 5.55. The molecule has 2 aromatic carbocycles. The summed E-state index contributed by atoms with van der Waals surface area (Å²) in [7, 11) is 0.703. The zero-order chi connectivity index (χ0) is 17.9. The number of fused-ring (bicyclic) bond motifs is 2. The molecule has 1 heterocycles. The van der Waals surface area contributed by atoms with Gasteiger partial charge in [-0.2, -0.15) is 0 Å². The summed E-state index contributed by atoms with van der Waals surface area (Å²) in [5.74, 6) is 0. The van der Waals surface area contributed by atoms with Crippen LogP contribution in [0, 0.1) is 6.92 Å². The van der Waals surface area contributed by atoms with Gasteiger partial charge in [0.05, 0.1) is 4.90 Å². The number of sulfone groups is 1. The van der Waals surface area contributed by atoms with E-state index in [2.05, 4.69) is 38.1 Å². The molecule has 1 unspecified atom stereocenters. The van der Waals surface area contributed by atoms with E-state index < -0.39 is 15.1 Å². The molecule has 0 amide bonds. The van der Waals surface area contributed by atoms with Gasteiger partial charge in [0, 0.05) is 12.1 Å². The fourth-order valence-corrected chi connectivity index (χ4v) is 6.44. The summed E-state index contributed by atoms with van der Waals surface area (Å²) in [6, 6.07) is 11.7. The van der Waals surface area contributed by atoms with E-state index in [4.69, 9.17) is 0 Å². The molecule has 3 nitrogen and oxygen atoms in total. The molecule has 1 aliphatic carbocycles. The quantitative estimate of drug-likeness (QED) is 0.829. The Bertz CT molecular complexity index is 1020. The molecular weight excluding hydrogens is 330 g/mol. The molecule has 4 heteroatoms. The van der Waals surface area contributed by atoms with Crippen molar-refractivity contribution in [2.75, 3.05) is 20.6 Å². The van der Waals surface area contributed by atoms with Gasteiger partial charge in [0.25, 0.3) is 0 Å². The summed E-state index contributed by atoms with van der Waals surface area (Å²) in [6.07, 6.45) is 0.872. The normalized spacial score (nSPS) is 20.0. The third-order valence-electron chi connectivity index (χ3n) is 5.38. The van der Waals surface area contributed by atoms with Gasteiger partial charge in [-0.1, -0.05) is 30.3 Å². The highest BCUT2D eigenvalue weighted by Crippen LogP contribution is 2.56. The van der Waals surface area contributed by atoms with Crippen LogP contribution < -0.4 is 0 Å². The molecule has 0 fully saturated rings. The minimum atomic E-state index is -3.40. The van der Waals surface area contributed by atoms with Crippen molar-refractivity contribution >= 4 is 15.4 Å². The molecule has 0 saturated heterocycles. The highest BCUT2D eigenvalue weighted by molar-refractivity contribution is 7.92. The second-order valence-electron chi connectivity index (χ2n) is 7.41. The molecule has 1 aliphatic heterocycles. The Morgan fingerprint density at radius 2 is 1.68 bits per heavy atom. The summed E-state index contributed by atoms with van der Waals surface area (Å²) in [6.45, 7) is 5.00. The molecule has 0 N–H and O–H groups in total. The van der Waals surface area contributed by atoms with Crippen LogP contribution in [-0.2, 0) is 9.84 Å². The minimum absolute atomic E-state index is 0.470. The molecule has 2 aliphatic rings. The molecule has 4 rings (SSSR count). The average Bonchev–Trinajstić information content (AvgIpc) is 2.83. The average molecular weight is 353 g/mol. The molecule has 0 saturated carbocycles. The van der Waals surface area contributed by atoms with Gasteiger partial charge in [0.1, 0.15) is 5.25 Å². The summed E-state index contributed by atoms with van der Waals surface area (Å²) < 4.78 is 26.7. The minimum Gasteiger partial charge on any atom is -0.309 e. The number of rotatable bonds is 3. The van der Waals surface area contributed by atoms with Crippen LogP contribution in [-0.4, -0.2) is 34.0 Å². The van der Waals surface area contributed by atoms with Crippen LogP contribution >= 0.6 is 0 Å². The van der Waals surface area contributed by atoms with Gasteiger partial charge < -0.3 is 4.90 Å². The Balaban J connectivity index is 2.03. The maximum absolute atomic E-state index is 13.4. The van der Waals surface area contributed by atoms with Gasteiger partial charge in [-0.25, -0.2) is 8.42 Å². The number of nitrogens with zero attached hydrogens (tertiary/aromatic N) is 1. The van der Waals surface area contributed by atoms with Crippen LogP contribution in [0.5, 0.6) is 0 Å². The first-order valence-corrected chi connectivity index (χ1v) is 10.2. The Morgan fingerprint density at radius 3 is 2.40 bits per heavy atom. The highest BCUT2D eigenvalue weighted by Gasteiger charge is 2.44. The van der Waals surface area contributed by atoms with E-state index in [1.807, 2.05) is 25.1 Å². The van der Waals surface area contributed by atoms with Crippen molar-refractivity contribution in [1.29, 1.82) is 0 Å². The first-order chi connectivity index (χ1) is 11.8. The van der Waals surface area contributed by atoms with E-state index >= 15 is 0 Å². The third kappa shape index (κ3) is 2.31. The van der Waals surface area contributed by atoms with E-state index in [-0.39, 0.29) is 0 Å². The lowest BCUT2D eigenvalue weighted by atomic mass is 9.91. The molecular formula is C21H23NO2S. The smallest absolute Gasteiger partial charge is 0.189 e. The van der Waals surface area contributed by atoms with Crippen molar-refractivity contribution in [3.63, 3.8) is 0 Å². The maximum atomic E-state index is 13.4. The van der Waals surface area contributed by atoms with Crippen molar-refractivity contribution in [1.82, 2.24) is 4.90 Å². The number of aryl methyl sites for hydroxylation is 1. The summed E-state index contributed by atoms with van der Waals surface area (Å²) in [5.41, 5.74) is 7.45. The molecule has 25 heavy (non-hydrogen) atoms. The Hall–Kier alpha value is -1.91. The van der Waals surface area contributed by atoms with Crippen LogP contribution in [0.2, 0.25) is 0 Å². The molecule has 0 radical (unpaired) electrons. The summed E-state index contributed by atoms with van der Waals surface area (Å²) in [5, 5.41) is -0.523. The van der Waals surface area contributed by atoms with Gasteiger partial charge in [-0.15, -0.1) is 0 Å². The van der Waals surface area contributed by atoms with Crippen molar-refractivity contribution in [2.24, 2.45) is 0 Å².